The minimum absolute atomic E-state index is 0.387. The number of hydrogen-bond donors (Lipinski definition) is 2. The minimum Gasteiger partial charge on any atom is -0.480 e. The molecule has 0 fully saturated rings. The van der Waals surface area contributed by atoms with E-state index in [1.165, 1.54) is 0 Å². The number of carbonyl (C=O) groups is 2. The normalized spacial score (nSPS) is 15.3. The second kappa shape index (κ2) is 5.81. The van der Waals surface area contributed by atoms with Crippen molar-refractivity contribution >= 4 is 12.4 Å². The van der Waals surface area contributed by atoms with Crippen molar-refractivity contribution < 1.29 is 19.5 Å². The van der Waals surface area contributed by atoms with Gasteiger partial charge in [0.1, 0.15) is 0 Å². The van der Waals surface area contributed by atoms with Crippen molar-refractivity contribution in [2.24, 2.45) is 0 Å². The van der Waals surface area contributed by atoms with Crippen LogP contribution in [0.5, 0.6) is 0 Å². The molecule has 0 aliphatic rings. The van der Waals surface area contributed by atoms with Gasteiger partial charge in [0.25, 0.3) is 0 Å². The number of hydroxylamine groups is 2. The highest BCUT2D eigenvalue weighted by molar-refractivity contribution is 5.76. The van der Waals surface area contributed by atoms with Gasteiger partial charge < -0.3 is 10.4 Å². The molecule has 6 nitrogen and oxygen atoms in total. The molecule has 0 saturated heterocycles. The second-order valence-electron chi connectivity index (χ2n) is 4.53. The van der Waals surface area contributed by atoms with Crippen LogP contribution in [0.15, 0.2) is 0 Å². The van der Waals surface area contributed by atoms with E-state index in [1.54, 1.807) is 34.7 Å². The first kappa shape index (κ1) is 14.9. The topological polar surface area (TPSA) is 78.9 Å². The third-order valence-corrected chi connectivity index (χ3v) is 1.94. The molecular weight excluding hydrogens is 212 g/mol. The molecule has 0 aromatic heterocycles. The lowest BCUT2D eigenvalue weighted by molar-refractivity contribution is -0.237. The molecule has 0 aromatic rings. The largest absolute Gasteiger partial charge is 0.480 e. The van der Waals surface area contributed by atoms with E-state index in [9.17, 15) is 9.59 Å². The van der Waals surface area contributed by atoms with Crippen LogP contribution in [0, 0.1) is 0 Å². The standard InChI is InChI=1S/C10H20N2O4/c1-7(11-5)8(9(14)15)12(6-13)16-10(2,3)4/h6-8,11H,1-5H3,(H,14,15)/t7-,8-/m0/s1. The first-order chi connectivity index (χ1) is 7.22. The minimum atomic E-state index is -1.11. The Labute approximate surface area is 95.5 Å². The lowest BCUT2D eigenvalue weighted by Crippen LogP contribution is -2.53. The van der Waals surface area contributed by atoms with Crippen molar-refractivity contribution in [3.63, 3.8) is 0 Å². The van der Waals surface area contributed by atoms with Gasteiger partial charge in [-0.3, -0.25) is 9.63 Å². The summed E-state index contributed by atoms with van der Waals surface area (Å²) in [5.74, 6) is -1.11. The lowest BCUT2D eigenvalue weighted by Gasteiger charge is -2.33. The maximum Gasteiger partial charge on any atom is 0.330 e. The number of nitrogens with zero attached hydrogens (tertiary/aromatic N) is 1. The summed E-state index contributed by atoms with van der Waals surface area (Å²) in [5.41, 5.74) is -0.623. The summed E-state index contributed by atoms with van der Waals surface area (Å²) in [4.78, 5) is 27.2. The highest BCUT2D eigenvalue weighted by Gasteiger charge is 2.33. The van der Waals surface area contributed by atoms with E-state index in [1.807, 2.05) is 0 Å². The summed E-state index contributed by atoms with van der Waals surface area (Å²) in [6.45, 7) is 6.90. The number of carbonyl (C=O) groups excluding carboxylic acids is 1. The van der Waals surface area contributed by atoms with Crippen molar-refractivity contribution in [2.75, 3.05) is 7.05 Å². The van der Waals surface area contributed by atoms with Crippen LogP contribution >= 0.6 is 0 Å². The highest BCUT2D eigenvalue weighted by Crippen LogP contribution is 2.13. The van der Waals surface area contributed by atoms with Crippen molar-refractivity contribution in [3.05, 3.63) is 0 Å². The van der Waals surface area contributed by atoms with Crippen molar-refractivity contribution in [2.45, 2.75) is 45.4 Å². The Morgan fingerprint density at radius 1 is 1.50 bits per heavy atom. The van der Waals surface area contributed by atoms with Gasteiger partial charge in [0.15, 0.2) is 6.04 Å². The Morgan fingerprint density at radius 2 is 2.00 bits per heavy atom. The molecule has 0 bridgehead atoms. The molecule has 2 atom stereocenters. The number of carboxylic acids is 1. The molecule has 0 spiro atoms. The molecule has 0 aliphatic carbocycles. The van der Waals surface area contributed by atoms with Gasteiger partial charge >= 0.3 is 5.97 Å². The molecule has 0 heterocycles. The van der Waals surface area contributed by atoms with Crippen LogP contribution < -0.4 is 5.32 Å². The fraction of sp³-hybridized carbons (Fsp3) is 0.800. The average Bonchev–Trinajstić information content (AvgIpc) is 2.13. The van der Waals surface area contributed by atoms with Crippen LogP contribution in [0.3, 0.4) is 0 Å². The number of rotatable bonds is 6. The zero-order chi connectivity index (χ0) is 12.9. The zero-order valence-electron chi connectivity index (χ0n) is 10.4. The summed E-state index contributed by atoms with van der Waals surface area (Å²) in [6.07, 6.45) is 0.387. The molecule has 1 amide bonds. The Kier molecular flexibility index (Phi) is 5.40. The van der Waals surface area contributed by atoms with Gasteiger partial charge in [0.2, 0.25) is 6.41 Å². The summed E-state index contributed by atoms with van der Waals surface area (Å²) in [6, 6.07) is -1.47. The summed E-state index contributed by atoms with van der Waals surface area (Å²) >= 11 is 0. The monoisotopic (exact) mass is 232 g/mol. The Morgan fingerprint density at radius 3 is 2.25 bits per heavy atom. The van der Waals surface area contributed by atoms with Crippen molar-refractivity contribution in [1.29, 1.82) is 0 Å². The quantitative estimate of drug-likeness (QED) is 0.506. The van der Waals surface area contributed by atoms with Crippen LogP contribution in [-0.4, -0.2) is 47.3 Å². The highest BCUT2D eigenvalue weighted by atomic mass is 16.7. The van der Waals surface area contributed by atoms with E-state index < -0.39 is 23.7 Å². The fourth-order valence-electron chi connectivity index (χ4n) is 1.16. The predicted octanol–water partition coefficient (Wildman–Crippen LogP) is 0.236. The molecule has 2 N–H and O–H groups in total. The smallest absolute Gasteiger partial charge is 0.330 e. The molecule has 0 aliphatic heterocycles. The van der Waals surface area contributed by atoms with Gasteiger partial charge in [-0.05, 0) is 34.7 Å². The molecule has 0 aromatic carbocycles. The van der Waals surface area contributed by atoms with Crippen LogP contribution in [0.1, 0.15) is 27.7 Å². The third kappa shape index (κ3) is 4.59. The molecule has 0 radical (unpaired) electrons. The van der Waals surface area contributed by atoms with E-state index in [4.69, 9.17) is 9.94 Å². The predicted molar refractivity (Wildman–Crippen MR) is 58.7 cm³/mol. The van der Waals surface area contributed by atoms with Crippen LogP contribution in [0.2, 0.25) is 0 Å². The summed E-state index contributed by atoms with van der Waals surface area (Å²) in [5, 5.41) is 12.7. The Bertz CT molecular complexity index is 250. The van der Waals surface area contributed by atoms with Gasteiger partial charge in [0, 0.05) is 6.04 Å². The summed E-state index contributed by atoms with van der Waals surface area (Å²) < 4.78 is 0. The number of likely N-dealkylation sites (N-methyl/N-ethyl adjacent to an activating group) is 1. The second-order valence-corrected chi connectivity index (χ2v) is 4.53. The average molecular weight is 232 g/mol. The number of hydrogen-bond acceptors (Lipinski definition) is 4. The van der Waals surface area contributed by atoms with E-state index in [0.717, 1.165) is 5.06 Å². The van der Waals surface area contributed by atoms with E-state index in [0.29, 0.717) is 6.41 Å². The van der Waals surface area contributed by atoms with Gasteiger partial charge in [-0.2, -0.15) is 0 Å². The third-order valence-electron chi connectivity index (χ3n) is 1.94. The molecule has 6 heteroatoms. The first-order valence-electron chi connectivity index (χ1n) is 5.05. The van der Waals surface area contributed by atoms with Crippen LogP contribution in [-0.2, 0) is 14.4 Å². The Balaban J connectivity index is 4.86. The van der Waals surface area contributed by atoms with E-state index in [2.05, 4.69) is 5.32 Å². The zero-order valence-corrected chi connectivity index (χ0v) is 10.4. The molecular formula is C10H20N2O4. The SMILES string of the molecule is CN[C@@H](C)[C@@H](C(=O)O)N(C=O)OC(C)(C)C. The Hall–Kier alpha value is -1.14. The molecule has 94 valence electrons. The lowest BCUT2D eigenvalue weighted by atomic mass is 10.1. The number of nitrogens with one attached hydrogen (secondary N) is 1. The van der Waals surface area contributed by atoms with Crippen molar-refractivity contribution in [3.8, 4) is 0 Å². The fourth-order valence-corrected chi connectivity index (χ4v) is 1.16. The first-order valence-corrected chi connectivity index (χ1v) is 5.05. The maximum absolute atomic E-state index is 11.1. The molecule has 0 saturated carbocycles. The molecule has 0 rings (SSSR count). The van der Waals surface area contributed by atoms with Gasteiger partial charge in [-0.1, -0.05) is 0 Å². The van der Waals surface area contributed by atoms with E-state index in [-0.39, 0.29) is 0 Å². The molecule has 16 heavy (non-hydrogen) atoms. The number of amides is 1. The van der Waals surface area contributed by atoms with Gasteiger partial charge in [-0.25, -0.2) is 9.86 Å². The van der Waals surface area contributed by atoms with Crippen molar-refractivity contribution in [1.82, 2.24) is 10.4 Å². The maximum atomic E-state index is 11.1. The van der Waals surface area contributed by atoms with Gasteiger partial charge in [0.05, 0.1) is 5.60 Å². The summed E-state index contributed by atoms with van der Waals surface area (Å²) in [7, 11) is 1.63. The number of aliphatic carboxylic acids is 1. The van der Waals surface area contributed by atoms with E-state index >= 15 is 0 Å². The van der Waals surface area contributed by atoms with Gasteiger partial charge in [-0.15, -0.1) is 0 Å². The van der Waals surface area contributed by atoms with Crippen LogP contribution in [0.4, 0.5) is 0 Å². The number of carboxylic acid groups (broad SMARTS) is 1. The van der Waals surface area contributed by atoms with Crippen LogP contribution in [0.25, 0.3) is 0 Å². The molecule has 0 unspecified atom stereocenters.